The average Bonchev–Trinajstić information content (AvgIpc) is 3.24. The molecular weight excluding hydrogens is 376 g/mol. The van der Waals surface area contributed by atoms with Gasteiger partial charge in [0.15, 0.2) is 5.82 Å². The maximum Gasteiger partial charge on any atom is 0.231 e. The molecule has 1 aliphatic heterocycles. The Hall–Kier alpha value is -3.45. The molecule has 0 bridgehead atoms. The monoisotopic (exact) mass is 400 g/mol. The van der Waals surface area contributed by atoms with E-state index in [1.807, 2.05) is 48.1 Å². The van der Waals surface area contributed by atoms with Gasteiger partial charge in [-0.3, -0.25) is 0 Å². The molecule has 4 aromatic rings. The van der Waals surface area contributed by atoms with Crippen LogP contribution in [0.3, 0.4) is 0 Å². The summed E-state index contributed by atoms with van der Waals surface area (Å²) < 4.78 is 7.33. The quantitative estimate of drug-likeness (QED) is 0.520. The molecule has 30 heavy (non-hydrogen) atoms. The molecule has 0 atom stereocenters. The summed E-state index contributed by atoms with van der Waals surface area (Å²) in [6.45, 7) is 5.43. The third-order valence-corrected chi connectivity index (χ3v) is 5.52. The van der Waals surface area contributed by atoms with E-state index in [4.69, 9.17) is 9.72 Å². The van der Waals surface area contributed by atoms with E-state index >= 15 is 0 Å². The molecular formula is C23H24N6O. The number of rotatable bonds is 4. The summed E-state index contributed by atoms with van der Waals surface area (Å²) in [4.78, 5) is 13.7. The SMILES string of the molecule is Cc1cnc(N(C)c2ccc(N3CCOCC3)cc2)nc1-n1ncc2ccccc21. The summed E-state index contributed by atoms with van der Waals surface area (Å²) in [5, 5.41) is 5.64. The van der Waals surface area contributed by atoms with Crippen LogP contribution in [0.5, 0.6) is 0 Å². The fourth-order valence-corrected chi connectivity index (χ4v) is 3.76. The normalized spacial score (nSPS) is 14.3. The van der Waals surface area contributed by atoms with Gasteiger partial charge in [-0.05, 0) is 37.3 Å². The van der Waals surface area contributed by atoms with Gasteiger partial charge in [0.1, 0.15) is 0 Å². The van der Waals surface area contributed by atoms with Gasteiger partial charge in [-0.25, -0.2) is 9.67 Å². The van der Waals surface area contributed by atoms with Crippen LogP contribution in [0.25, 0.3) is 16.7 Å². The lowest BCUT2D eigenvalue weighted by molar-refractivity contribution is 0.122. The first-order chi connectivity index (χ1) is 14.7. The lowest BCUT2D eigenvalue weighted by atomic mass is 10.2. The van der Waals surface area contributed by atoms with E-state index in [0.717, 1.165) is 54.3 Å². The number of ether oxygens (including phenoxy) is 1. The summed E-state index contributed by atoms with van der Waals surface area (Å²) in [5.74, 6) is 1.42. The molecule has 152 valence electrons. The Morgan fingerprint density at radius 1 is 0.967 bits per heavy atom. The van der Waals surface area contributed by atoms with Crippen molar-refractivity contribution < 1.29 is 4.74 Å². The van der Waals surface area contributed by atoms with Gasteiger partial charge in [0.2, 0.25) is 5.95 Å². The highest BCUT2D eigenvalue weighted by molar-refractivity contribution is 5.80. The van der Waals surface area contributed by atoms with Crippen molar-refractivity contribution in [2.24, 2.45) is 0 Å². The Kier molecular flexibility index (Phi) is 4.80. The molecule has 7 nitrogen and oxygen atoms in total. The number of para-hydroxylation sites is 1. The summed E-state index contributed by atoms with van der Waals surface area (Å²) >= 11 is 0. The number of anilines is 3. The topological polar surface area (TPSA) is 59.3 Å². The van der Waals surface area contributed by atoms with Crippen molar-refractivity contribution in [1.82, 2.24) is 19.7 Å². The number of nitrogens with zero attached hydrogens (tertiary/aromatic N) is 6. The number of hydrogen-bond acceptors (Lipinski definition) is 6. The van der Waals surface area contributed by atoms with Crippen LogP contribution in [0.1, 0.15) is 5.56 Å². The molecule has 5 rings (SSSR count). The molecule has 2 aromatic heterocycles. The lowest BCUT2D eigenvalue weighted by Gasteiger charge is -2.29. The summed E-state index contributed by atoms with van der Waals surface area (Å²) in [6.07, 6.45) is 3.72. The standard InChI is InChI=1S/C23H24N6O/c1-17-15-24-23(26-22(17)29-21-6-4-3-5-18(21)16-25-29)27(2)19-7-9-20(10-8-19)28-11-13-30-14-12-28/h3-10,15-16H,11-14H2,1-2H3. The van der Waals surface area contributed by atoms with Crippen molar-refractivity contribution in [2.45, 2.75) is 6.92 Å². The Morgan fingerprint density at radius 2 is 1.73 bits per heavy atom. The molecule has 1 saturated heterocycles. The second kappa shape index (κ2) is 7.76. The molecule has 0 aliphatic carbocycles. The zero-order valence-corrected chi connectivity index (χ0v) is 17.2. The number of morpholine rings is 1. The fourth-order valence-electron chi connectivity index (χ4n) is 3.76. The van der Waals surface area contributed by atoms with Gasteiger partial charge in [0.25, 0.3) is 0 Å². The van der Waals surface area contributed by atoms with Gasteiger partial charge in [0, 0.05) is 48.7 Å². The minimum Gasteiger partial charge on any atom is -0.378 e. The number of aryl methyl sites for hydroxylation is 1. The van der Waals surface area contributed by atoms with E-state index in [1.54, 1.807) is 0 Å². The molecule has 1 fully saturated rings. The first-order valence-corrected chi connectivity index (χ1v) is 10.1. The van der Waals surface area contributed by atoms with Crippen LogP contribution in [0.15, 0.2) is 60.9 Å². The van der Waals surface area contributed by atoms with Gasteiger partial charge in [-0.2, -0.15) is 10.1 Å². The number of hydrogen-bond donors (Lipinski definition) is 0. The van der Waals surface area contributed by atoms with E-state index in [2.05, 4.69) is 51.4 Å². The van der Waals surface area contributed by atoms with E-state index in [-0.39, 0.29) is 0 Å². The molecule has 3 heterocycles. The van der Waals surface area contributed by atoms with Crippen LogP contribution in [-0.4, -0.2) is 53.1 Å². The van der Waals surface area contributed by atoms with Gasteiger partial charge in [-0.15, -0.1) is 0 Å². The average molecular weight is 400 g/mol. The number of benzene rings is 2. The molecule has 0 amide bonds. The van der Waals surface area contributed by atoms with E-state index in [9.17, 15) is 0 Å². The van der Waals surface area contributed by atoms with Crippen LogP contribution < -0.4 is 9.80 Å². The Bertz CT molecular complexity index is 1160. The molecule has 0 saturated carbocycles. The van der Waals surface area contributed by atoms with E-state index < -0.39 is 0 Å². The predicted molar refractivity (Wildman–Crippen MR) is 119 cm³/mol. The lowest BCUT2D eigenvalue weighted by Crippen LogP contribution is -2.36. The molecule has 1 aliphatic rings. The Labute approximate surface area is 175 Å². The van der Waals surface area contributed by atoms with Crippen LogP contribution in [0.4, 0.5) is 17.3 Å². The molecule has 0 spiro atoms. The van der Waals surface area contributed by atoms with Gasteiger partial charge in [0.05, 0.1) is 24.9 Å². The van der Waals surface area contributed by atoms with Crippen molar-refractivity contribution in [3.8, 4) is 5.82 Å². The zero-order chi connectivity index (χ0) is 20.5. The first-order valence-electron chi connectivity index (χ1n) is 10.1. The third-order valence-electron chi connectivity index (χ3n) is 5.52. The number of aromatic nitrogens is 4. The van der Waals surface area contributed by atoms with Crippen molar-refractivity contribution in [2.75, 3.05) is 43.2 Å². The summed E-state index contributed by atoms with van der Waals surface area (Å²) in [5.41, 5.74) is 4.25. The molecule has 0 N–H and O–H groups in total. The number of fused-ring (bicyclic) bond motifs is 1. The predicted octanol–water partition coefficient (Wildman–Crippen LogP) is 3.73. The Morgan fingerprint density at radius 3 is 2.53 bits per heavy atom. The van der Waals surface area contributed by atoms with Crippen molar-refractivity contribution in [3.63, 3.8) is 0 Å². The van der Waals surface area contributed by atoms with Crippen molar-refractivity contribution in [3.05, 3.63) is 66.5 Å². The molecule has 0 unspecified atom stereocenters. The highest BCUT2D eigenvalue weighted by atomic mass is 16.5. The second-order valence-corrected chi connectivity index (χ2v) is 7.47. The Balaban J connectivity index is 1.45. The van der Waals surface area contributed by atoms with Crippen LogP contribution in [0, 0.1) is 6.92 Å². The van der Waals surface area contributed by atoms with Crippen LogP contribution in [0.2, 0.25) is 0 Å². The van der Waals surface area contributed by atoms with Gasteiger partial charge >= 0.3 is 0 Å². The molecule has 2 aromatic carbocycles. The van der Waals surface area contributed by atoms with E-state index in [0.29, 0.717) is 5.95 Å². The highest BCUT2D eigenvalue weighted by Crippen LogP contribution is 2.26. The van der Waals surface area contributed by atoms with E-state index in [1.165, 1.54) is 5.69 Å². The fraction of sp³-hybridized carbons (Fsp3) is 0.261. The highest BCUT2D eigenvalue weighted by Gasteiger charge is 2.15. The minimum absolute atomic E-state index is 0.634. The van der Waals surface area contributed by atoms with Gasteiger partial charge < -0.3 is 14.5 Å². The minimum atomic E-state index is 0.634. The van der Waals surface area contributed by atoms with Crippen molar-refractivity contribution in [1.29, 1.82) is 0 Å². The third kappa shape index (κ3) is 3.37. The summed E-state index contributed by atoms with van der Waals surface area (Å²) in [6, 6.07) is 16.6. The largest absolute Gasteiger partial charge is 0.378 e. The molecule has 7 heteroatoms. The first kappa shape index (κ1) is 18.6. The smallest absolute Gasteiger partial charge is 0.231 e. The maximum absolute atomic E-state index is 5.45. The second-order valence-electron chi connectivity index (χ2n) is 7.47. The molecule has 0 radical (unpaired) electrons. The van der Waals surface area contributed by atoms with Crippen LogP contribution >= 0.6 is 0 Å². The van der Waals surface area contributed by atoms with Crippen LogP contribution in [-0.2, 0) is 4.74 Å². The zero-order valence-electron chi connectivity index (χ0n) is 17.2. The maximum atomic E-state index is 5.45. The summed E-state index contributed by atoms with van der Waals surface area (Å²) in [7, 11) is 1.99. The van der Waals surface area contributed by atoms with Crippen molar-refractivity contribution >= 4 is 28.2 Å². The van der Waals surface area contributed by atoms with Gasteiger partial charge in [-0.1, -0.05) is 18.2 Å².